The van der Waals surface area contributed by atoms with Gasteiger partial charge in [-0.2, -0.15) is 5.26 Å². The number of aromatic amines is 1. The maximum Gasteiger partial charge on any atom is 0.300 e. The van der Waals surface area contributed by atoms with Crippen molar-refractivity contribution in [1.29, 1.82) is 5.26 Å². The van der Waals surface area contributed by atoms with Crippen LogP contribution in [-0.4, -0.2) is 63.0 Å². The molecule has 9 heteroatoms. The van der Waals surface area contributed by atoms with Gasteiger partial charge in [-0.25, -0.2) is 9.97 Å². The van der Waals surface area contributed by atoms with Gasteiger partial charge >= 0.3 is 0 Å². The number of carboxylic acids is 1. The number of likely N-dealkylation sites (N-methyl/N-ethyl adjacent to an activating group) is 1. The number of nitrogens with one attached hydrogen (secondary N) is 1. The molecule has 2 N–H and O–H groups in total. The van der Waals surface area contributed by atoms with E-state index < -0.39 is 5.97 Å². The number of hydrogen-bond donors (Lipinski definition) is 2. The number of nitriles is 1. The van der Waals surface area contributed by atoms with Crippen molar-refractivity contribution in [1.82, 2.24) is 19.9 Å². The average Bonchev–Trinajstić information content (AvgIpc) is 3.10. The second-order valence-electron chi connectivity index (χ2n) is 6.58. The predicted molar refractivity (Wildman–Crippen MR) is 100.0 cm³/mol. The zero-order chi connectivity index (χ0) is 20.0. The molecule has 2 aromatic heterocycles. The summed E-state index contributed by atoms with van der Waals surface area (Å²) in [5, 5.41) is 17.1. The zero-order valence-corrected chi connectivity index (χ0v) is 15.7. The third-order valence-electron chi connectivity index (χ3n) is 4.67. The normalized spacial score (nSPS) is 19.0. The van der Waals surface area contributed by atoms with Crippen LogP contribution in [-0.2, 0) is 9.59 Å². The second-order valence-corrected chi connectivity index (χ2v) is 6.58. The van der Waals surface area contributed by atoms with E-state index in [1.54, 1.807) is 11.2 Å². The molecule has 0 saturated carbocycles. The highest BCUT2D eigenvalue weighted by Gasteiger charge is 2.32. The number of aromatic nitrogens is 3. The molecule has 9 nitrogen and oxygen atoms in total. The second kappa shape index (κ2) is 8.98. The standard InChI is InChI=1S/C16H20N6O.C2H4O2/c1-11-5-8-22(14(23)3-6-17)9-13(11)21(2)16-12-4-7-18-15(12)19-10-20-16;1-2(3)4/h4,7,10-11,13H,3,5,8-9H2,1-2H3,(H,18,19,20);1H3,(H,3,4)/t11-,13+;/m1./s1. The van der Waals surface area contributed by atoms with Crippen LogP contribution >= 0.6 is 0 Å². The molecule has 1 aliphatic rings. The summed E-state index contributed by atoms with van der Waals surface area (Å²) in [4.78, 5) is 36.7. The Morgan fingerprint density at radius 2 is 2.19 bits per heavy atom. The molecule has 2 atom stereocenters. The number of likely N-dealkylation sites (tertiary alicyclic amines) is 1. The van der Waals surface area contributed by atoms with Crippen molar-refractivity contribution < 1.29 is 14.7 Å². The van der Waals surface area contributed by atoms with Crippen molar-refractivity contribution >= 4 is 28.7 Å². The lowest BCUT2D eigenvalue weighted by atomic mass is 9.92. The molecule has 0 radical (unpaired) electrons. The lowest BCUT2D eigenvalue weighted by molar-refractivity contribution is -0.134. The average molecular weight is 372 g/mol. The molecule has 1 saturated heterocycles. The number of anilines is 1. The zero-order valence-electron chi connectivity index (χ0n) is 15.7. The van der Waals surface area contributed by atoms with Crippen molar-refractivity contribution in [3.05, 3.63) is 18.6 Å². The Hall–Kier alpha value is -3.15. The molecule has 1 fully saturated rings. The SMILES string of the molecule is CC(=O)O.C[C@@H]1CCN(C(=O)CC#N)C[C@@H]1N(C)c1ncnc2[nH]ccc12. The molecule has 0 unspecified atom stereocenters. The number of nitrogens with zero attached hydrogens (tertiary/aromatic N) is 5. The topological polar surface area (TPSA) is 126 Å². The van der Waals surface area contributed by atoms with Crippen LogP contribution in [0.25, 0.3) is 11.0 Å². The Morgan fingerprint density at radius 1 is 1.48 bits per heavy atom. The van der Waals surface area contributed by atoms with E-state index in [0.717, 1.165) is 36.7 Å². The molecule has 1 aliphatic heterocycles. The van der Waals surface area contributed by atoms with Crippen LogP contribution in [0.15, 0.2) is 18.6 Å². The Bertz CT molecular complexity index is 839. The molecule has 0 bridgehead atoms. The predicted octanol–water partition coefficient (Wildman–Crippen LogP) is 1.64. The number of hydrogen-bond acceptors (Lipinski definition) is 6. The Labute approximate surface area is 157 Å². The maximum atomic E-state index is 12.0. The van der Waals surface area contributed by atoms with Gasteiger partial charge < -0.3 is 19.9 Å². The van der Waals surface area contributed by atoms with Gasteiger partial charge in [0.05, 0.1) is 17.5 Å². The summed E-state index contributed by atoms with van der Waals surface area (Å²) in [7, 11) is 2.01. The number of carboxylic acid groups (broad SMARTS) is 1. The number of fused-ring (bicyclic) bond motifs is 1. The van der Waals surface area contributed by atoms with Crippen LogP contribution in [0.5, 0.6) is 0 Å². The number of carbonyl (C=O) groups is 2. The van der Waals surface area contributed by atoms with Gasteiger partial charge in [0.2, 0.25) is 5.91 Å². The summed E-state index contributed by atoms with van der Waals surface area (Å²) in [5.74, 6) is 0.380. The quantitative estimate of drug-likeness (QED) is 0.838. The van der Waals surface area contributed by atoms with Crippen LogP contribution in [0, 0.1) is 17.2 Å². The minimum atomic E-state index is -0.833. The molecule has 2 aromatic rings. The molecule has 0 spiro atoms. The summed E-state index contributed by atoms with van der Waals surface area (Å²) in [6.07, 6.45) is 4.27. The fraction of sp³-hybridized carbons (Fsp3) is 0.500. The van der Waals surface area contributed by atoms with E-state index in [4.69, 9.17) is 15.2 Å². The van der Waals surface area contributed by atoms with Crippen LogP contribution in [0.4, 0.5) is 5.82 Å². The van der Waals surface area contributed by atoms with Crippen molar-refractivity contribution in [3.8, 4) is 6.07 Å². The van der Waals surface area contributed by atoms with E-state index in [2.05, 4.69) is 26.8 Å². The van der Waals surface area contributed by atoms with E-state index in [9.17, 15) is 4.79 Å². The molecule has 1 amide bonds. The molecule has 27 heavy (non-hydrogen) atoms. The van der Waals surface area contributed by atoms with Gasteiger partial charge in [-0.05, 0) is 18.4 Å². The van der Waals surface area contributed by atoms with Crippen LogP contribution < -0.4 is 4.90 Å². The maximum absolute atomic E-state index is 12.0. The number of aliphatic carboxylic acids is 1. The van der Waals surface area contributed by atoms with Crippen LogP contribution in [0.2, 0.25) is 0 Å². The first-order valence-electron chi connectivity index (χ1n) is 8.70. The third kappa shape index (κ3) is 4.94. The van der Waals surface area contributed by atoms with Crippen molar-refractivity contribution in [3.63, 3.8) is 0 Å². The highest BCUT2D eigenvalue weighted by atomic mass is 16.4. The van der Waals surface area contributed by atoms with Gasteiger partial charge in [-0.1, -0.05) is 6.92 Å². The molecule has 3 heterocycles. The highest BCUT2D eigenvalue weighted by Crippen LogP contribution is 2.28. The van der Waals surface area contributed by atoms with E-state index in [1.165, 1.54) is 0 Å². The number of carbonyl (C=O) groups excluding carboxylic acids is 1. The monoisotopic (exact) mass is 372 g/mol. The minimum absolute atomic E-state index is 0.0552. The molecular formula is C18H24N6O3. The largest absolute Gasteiger partial charge is 0.481 e. The van der Waals surface area contributed by atoms with Crippen molar-refractivity contribution in [2.75, 3.05) is 25.0 Å². The number of H-pyrrole nitrogens is 1. The number of amides is 1. The summed E-state index contributed by atoms with van der Waals surface area (Å²) in [5.41, 5.74) is 0.808. The highest BCUT2D eigenvalue weighted by molar-refractivity contribution is 5.87. The summed E-state index contributed by atoms with van der Waals surface area (Å²) in [6, 6.07) is 4.07. The van der Waals surface area contributed by atoms with Gasteiger partial charge in [0.25, 0.3) is 5.97 Å². The van der Waals surface area contributed by atoms with E-state index in [-0.39, 0.29) is 18.4 Å². The van der Waals surface area contributed by atoms with Crippen LogP contribution in [0.1, 0.15) is 26.7 Å². The van der Waals surface area contributed by atoms with Crippen molar-refractivity contribution in [2.45, 2.75) is 32.7 Å². The van der Waals surface area contributed by atoms with Gasteiger partial charge in [0, 0.05) is 33.3 Å². The number of rotatable bonds is 3. The minimum Gasteiger partial charge on any atom is -0.481 e. The molecule has 0 aliphatic carbocycles. The van der Waals surface area contributed by atoms with Gasteiger partial charge in [-0.15, -0.1) is 0 Å². The first kappa shape index (κ1) is 20.2. The molecule has 3 rings (SSSR count). The van der Waals surface area contributed by atoms with Gasteiger partial charge in [-0.3, -0.25) is 9.59 Å². The first-order valence-corrected chi connectivity index (χ1v) is 8.70. The summed E-state index contributed by atoms with van der Waals surface area (Å²) in [6.45, 7) is 4.62. The Kier molecular flexibility index (Phi) is 6.71. The summed E-state index contributed by atoms with van der Waals surface area (Å²) >= 11 is 0. The third-order valence-corrected chi connectivity index (χ3v) is 4.67. The van der Waals surface area contributed by atoms with E-state index >= 15 is 0 Å². The van der Waals surface area contributed by atoms with Gasteiger partial charge in [0.15, 0.2) is 0 Å². The molecule has 144 valence electrons. The lowest BCUT2D eigenvalue weighted by Gasteiger charge is -2.42. The lowest BCUT2D eigenvalue weighted by Crippen LogP contribution is -2.52. The first-order chi connectivity index (χ1) is 12.8. The van der Waals surface area contributed by atoms with Gasteiger partial charge in [0.1, 0.15) is 24.2 Å². The fourth-order valence-electron chi connectivity index (χ4n) is 3.26. The smallest absolute Gasteiger partial charge is 0.300 e. The van der Waals surface area contributed by atoms with E-state index in [1.807, 2.05) is 25.4 Å². The number of piperidine rings is 1. The van der Waals surface area contributed by atoms with Crippen LogP contribution in [0.3, 0.4) is 0 Å². The molecular weight excluding hydrogens is 348 g/mol. The van der Waals surface area contributed by atoms with Crippen molar-refractivity contribution in [2.24, 2.45) is 5.92 Å². The Morgan fingerprint density at radius 3 is 2.85 bits per heavy atom. The van der Waals surface area contributed by atoms with E-state index in [0.29, 0.717) is 12.5 Å². The fourth-order valence-corrected chi connectivity index (χ4v) is 3.26. The Balaban J connectivity index is 0.000000596. The summed E-state index contributed by atoms with van der Waals surface area (Å²) < 4.78 is 0. The molecule has 0 aromatic carbocycles.